The summed E-state index contributed by atoms with van der Waals surface area (Å²) >= 11 is 0. The highest BCUT2D eigenvalue weighted by Crippen LogP contribution is 2.20. The lowest BCUT2D eigenvalue weighted by atomic mass is 9.90. The Morgan fingerprint density at radius 3 is 2.30 bits per heavy atom. The third-order valence-electron chi connectivity index (χ3n) is 2.76. The molecule has 120 valence electrons. The zero-order valence-corrected chi connectivity index (χ0v) is 13.4. The van der Waals surface area contributed by atoms with Crippen LogP contribution in [0.3, 0.4) is 0 Å². The van der Waals surface area contributed by atoms with E-state index in [2.05, 4.69) is 26.1 Å². The topological polar surface area (TPSA) is 67.8 Å². The van der Waals surface area contributed by atoms with Crippen LogP contribution in [0.5, 0.6) is 0 Å². The molecule has 0 radical (unpaired) electrons. The molecule has 0 spiro atoms. The first-order valence-electron chi connectivity index (χ1n) is 7.37. The average Bonchev–Trinajstić information content (AvgIpc) is 2.33. The highest BCUT2D eigenvalue weighted by Gasteiger charge is 2.12. The molecular formula is C15H31NO4. The van der Waals surface area contributed by atoms with E-state index in [1.54, 1.807) is 6.92 Å². The summed E-state index contributed by atoms with van der Waals surface area (Å²) < 4.78 is 10.6. The summed E-state index contributed by atoms with van der Waals surface area (Å²) in [6.07, 6.45) is 1.72. The quantitative estimate of drug-likeness (QED) is 0.423. The van der Waals surface area contributed by atoms with Crippen molar-refractivity contribution in [2.45, 2.75) is 53.2 Å². The SMILES string of the molecule is CC(=O)CCOCCOCCNC(O)CCC(C)(C)C. The first-order chi connectivity index (χ1) is 9.31. The van der Waals surface area contributed by atoms with Crippen molar-refractivity contribution in [2.24, 2.45) is 5.41 Å². The van der Waals surface area contributed by atoms with Crippen molar-refractivity contribution in [1.82, 2.24) is 5.32 Å². The number of carbonyl (C=O) groups excluding carboxylic acids is 1. The highest BCUT2D eigenvalue weighted by atomic mass is 16.5. The number of carbonyl (C=O) groups is 1. The van der Waals surface area contributed by atoms with E-state index in [-0.39, 0.29) is 11.2 Å². The smallest absolute Gasteiger partial charge is 0.132 e. The molecule has 1 atom stereocenters. The number of ether oxygens (including phenoxy) is 2. The second-order valence-electron chi connectivity index (χ2n) is 6.25. The number of hydrogen-bond donors (Lipinski definition) is 2. The van der Waals surface area contributed by atoms with E-state index in [9.17, 15) is 9.90 Å². The fraction of sp³-hybridized carbons (Fsp3) is 0.933. The molecular weight excluding hydrogens is 258 g/mol. The summed E-state index contributed by atoms with van der Waals surface area (Å²) in [4.78, 5) is 10.7. The molecule has 0 aliphatic rings. The summed E-state index contributed by atoms with van der Waals surface area (Å²) in [6, 6.07) is 0. The molecule has 5 heteroatoms. The van der Waals surface area contributed by atoms with Gasteiger partial charge in [-0.05, 0) is 25.2 Å². The van der Waals surface area contributed by atoms with Crippen molar-refractivity contribution in [3.63, 3.8) is 0 Å². The van der Waals surface area contributed by atoms with E-state index in [0.717, 1.165) is 12.8 Å². The van der Waals surface area contributed by atoms with Gasteiger partial charge in [0.05, 0.1) is 26.4 Å². The van der Waals surface area contributed by atoms with E-state index < -0.39 is 6.23 Å². The van der Waals surface area contributed by atoms with Gasteiger partial charge in [0.1, 0.15) is 12.0 Å². The van der Waals surface area contributed by atoms with E-state index in [4.69, 9.17) is 9.47 Å². The van der Waals surface area contributed by atoms with Gasteiger partial charge in [0.15, 0.2) is 0 Å². The Balaban J connectivity index is 3.25. The van der Waals surface area contributed by atoms with Gasteiger partial charge in [0.2, 0.25) is 0 Å². The first kappa shape index (κ1) is 19.5. The minimum atomic E-state index is -0.468. The van der Waals surface area contributed by atoms with E-state index in [0.29, 0.717) is 39.4 Å². The van der Waals surface area contributed by atoms with Crippen molar-refractivity contribution < 1.29 is 19.4 Å². The predicted octanol–water partition coefficient (Wildman–Crippen LogP) is 1.73. The molecule has 0 aliphatic heterocycles. The lowest BCUT2D eigenvalue weighted by Crippen LogP contribution is -2.32. The zero-order chi connectivity index (χ0) is 15.4. The molecule has 20 heavy (non-hydrogen) atoms. The molecule has 0 amide bonds. The van der Waals surface area contributed by atoms with Crippen LogP contribution in [0.15, 0.2) is 0 Å². The van der Waals surface area contributed by atoms with Gasteiger partial charge in [-0.1, -0.05) is 20.8 Å². The van der Waals surface area contributed by atoms with Crippen LogP contribution in [0, 0.1) is 5.41 Å². The summed E-state index contributed by atoms with van der Waals surface area (Å²) in [5.74, 6) is 0.138. The Hall–Kier alpha value is -0.490. The van der Waals surface area contributed by atoms with Gasteiger partial charge in [-0.3, -0.25) is 10.1 Å². The molecule has 0 rings (SSSR count). The fourth-order valence-electron chi connectivity index (χ4n) is 1.51. The second kappa shape index (κ2) is 11.2. The Bertz CT molecular complexity index is 251. The van der Waals surface area contributed by atoms with Crippen molar-refractivity contribution in [1.29, 1.82) is 0 Å². The predicted molar refractivity (Wildman–Crippen MR) is 79.6 cm³/mol. The van der Waals surface area contributed by atoms with Gasteiger partial charge in [-0.25, -0.2) is 0 Å². The van der Waals surface area contributed by atoms with Crippen molar-refractivity contribution in [3.05, 3.63) is 0 Å². The van der Waals surface area contributed by atoms with Gasteiger partial charge in [-0.2, -0.15) is 0 Å². The Morgan fingerprint density at radius 1 is 1.15 bits per heavy atom. The molecule has 0 bridgehead atoms. The number of rotatable bonds is 12. The molecule has 0 aromatic rings. The monoisotopic (exact) mass is 289 g/mol. The first-order valence-corrected chi connectivity index (χ1v) is 7.37. The maximum atomic E-state index is 10.7. The number of Topliss-reactive ketones (excluding diaryl/α,β-unsaturated/α-hetero) is 1. The third kappa shape index (κ3) is 15.6. The van der Waals surface area contributed by atoms with E-state index in [1.807, 2.05) is 0 Å². The minimum absolute atomic E-state index is 0.138. The lowest BCUT2D eigenvalue weighted by Gasteiger charge is -2.20. The van der Waals surface area contributed by atoms with Crippen LogP contribution >= 0.6 is 0 Å². The highest BCUT2D eigenvalue weighted by molar-refractivity contribution is 5.75. The second-order valence-corrected chi connectivity index (χ2v) is 6.25. The Morgan fingerprint density at radius 2 is 1.75 bits per heavy atom. The maximum absolute atomic E-state index is 10.7. The van der Waals surface area contributed by atoms with Gasteiger partial charge >= 0.3 is 0 Å². The number of ketones is 1. The summed E-state index contributed by atoms with van der Waals surface area (Å²) in [7, 11) is 0. The number of aliphatic hydroxyl groups excluding tert-OH is 1. The molecule has 0 saturated carbocycles. The van der Waals surface area contributed by atoms with Crippen molar-refractivity contribution >= 4 is 5.78 Å². The van der Waals surface area contributed by atoms with E-state index >= 15 is 0 Å². The molecule has 0 heterocycles. The molecule has 0 saturated heterocycles. The van der Waals surface area contributed by atoms with Crippen LogP contribution in [0.1, 0.15) is 47.0 Å². The van der Waals surface area contributed by atoms with Crippen LogP contribution in [0.2, 0.25) is 0 Å². The minimum Gasteiger partial charge on any atom is -0.379 e. The normalized spacial score (nSPS) is 13.4. The maximum Gasteiger partial charge on any atom is 0.132 e. The van der Waals surface area contributed by atoms with Crippen molar-refractivity contribution in [2.75, 3.05) is 33.0 Å². The standard InChI is InChI=1S/C15H31NO4/c1-13(17)6-9-19-11-12-20-10-8-16-14(18)5-7-15(2,3)4/h14,16,18H,5-12H2,1-4H3. The third-order valence-corrected chi connectivity index (χ3v) is 2.76. The Labute approximate surface area is 123 Å². The number of aliphatic hydroxyl groups is 1. The largest absolute Gasteiger partial charge is 0.379 e. The van der Waals surface area contributed by atoms with Gasteiger partial charge in [0, 0.05) is 13.0 Å². The molecule has 1 unspecified atom stereocenters. The van der Waals surface area contributed by atoms with Crippen LogP contribution in [0.25, 0.3) is 0 Å². The molecule has 5 nitrogen and oxygen atoms in total. The van der Waals surface area contributed by atoms with E-state index in [1.165, 1.54) is 0 Å². The molecule has 0 aliphatic carbocycles. The molecule has 0 fully saturated rings. The molecule has 0 aromatic carbocycles. The van der Waals surface area contributed by atoms with Crippen LogP contribution < -0.4 is 5.32 Å². The summed E-state index contributed by atoms with van der Waals surface area (Å²) in [5, 5.41) is 12.7. The lowest BCUT2D eigenvalue weighted by molar-refractivity contribution is -0.118. The van der Waals surface area contributed by atoms with Crippen LogP contribution in [-0.2, 0) is 14.3 Å². The zero-order valence-electron chi connectivity index (χ0n) is 13.4. The van der Waals surface area contributed by atoms with Gasteiger partial charge < -0.3 is 14.6 Å². The van der Waals surface area contributed by atoms with Crippen molar-refractivity contribution in [3.8, 4) is 0 Å². The van der Waals surface area contributed by atoms with Crippen LogP contribution in [0.4, 0.5) is 0 Å². The molecule has 0 aromatic heterocycles. The van der Waals surface area contributed by atoms with Gasteiger partial charge in [-0.15, -0.1) is 0 Å². The van der Waals surface area contributed by atoms with Crippen LogP contribution in [-0.4, -0.2) is 50.1 Å². The average molecular weight is 289 g/mol. The Kier molecular flexibility index (Phi) is 10.9. The summed E-state index contributed by atoms with van der Waals surface area (Å²) in [6.45, 7) is 10.7. The molecule has 2 N–H and O–H groups in total. The fourth-order valence-corrected chi connectivity index (χ4v) is 1.51. The number of hydrogen-bond acceptors (Lipinski definition) is 5. The summed E-state index contributed by atoms with van der Waals surface area (Å²) in [5.41, 5.74) is 0.246. The van der Waals surface area contributed by atoms with Gasteiger partial charge in [0.25, 0.3) is 0 Å². The number of nitrogens with one attached hydrogen (secondary N) is 1.